The lowest BCUT2D eigenvalue weighted by Gasteiger charge is -2.20. The summed E-state index contributed by atoms with van der Waals surface area (Å²) in [5.41, 5.74) is 2.59. The van der Waals surface area contributed by atoms with E-state index in [1.54, 1.807) is 19.0 Å². The second kappa shape index (κ2) is 7.34. The average Bonchev–Trinajstić information content (AvgIpc) is 2.54. The van der Waals surface area contributed by atoms with Crippen molar-refractivity contribution in [3.8, 4) is 16.9 Å². The zero-order valence-electron chi connectivity index (χ0n) is 14.8. The van der Waals surface area contributed by atoms with Gasteiger partial charge in [-0.05, 0) is 36.6 Å². The maximum absolute atomic E-state index is 11.9. The number of aromatic carboxylic acids is 1. The molecule has 2 aromatic rings. The van der Waals surface area contributed by atoms with E-state index in [4.69, 9.17) is 4.74 Å². The van der Waals surface area contributed by atoms with Gasteiger partial charge in [-0.3, -0.25) is 0 Å². The minimum absolute atomic E-state index is 0.202. The summed E-state index contributed by atoms with van der Waals surface area (Å²) in [5.74, 6) is 0.458. The normalized spacial score (nSPS) is 10.8. The van der Waals surface area contributed by atoms with Crippen LogP contribution in [-0.4, -0.2) is 36.8 Å². The fraction of sp³-hybridized carbons (Fsp3) is 0.368. The van der Waals surface area contributed by atoms with Crippen molar-refractivity contribution in [3.05, 3.63) is 41.6 Å². The molecule has 1 aromatic carbocycles. The van der Waals surface area contributed by atoms with Crippen molar-refractivity contribution in [1.82, 2.24) is 4.98 Å². The van der Waals surface area contributed by atoms with Gasteiger partial charge in [0.15, 0.2) is 0 Å². The van der Waals surface area contributed by atoms with Crippen LogP contribution in [0.1, 0.15) is 42.7 Å². The van der Waals surface area contributed by atoms with Crippen LogP contribution in [0.5, 0.6) is 5.75 Å². The first-order valence-corrected chi connectivity index (χ1v) is 8.03. The van der Waals surface area contributed by atoms with E-state index in [9.17, 15) is 9.90 Å². The van der Waals surface area contributed by atoms with Gasteiger partial charge in [-0.15, -0.1) is 0 Å². The van der Waals surface area contributed by atoms with E-state index in [2.05, 4.69) is 4.98 Å². The number of carboxylic acids is 1. The third-order valence-corrected chi connectivity index (χ3v) is 3.73. The fourth-order valence-electron chi connectivity index (χ4n) is 2.51. The molecule has 2 rings (SSSR count). The van der Waals surface area contributed by atoms with Crippen molar-refractivity contribution in [2.75, 3.05) is 25.6 Å². The number of benzene rings is 1. The summed E-state index contributed by atoms with van der Waals surface area (Å²) in [6, 6.07) is 9.36. The van der Waals surface area contributed by atoms with E-state index in [0.717, 1.165) is 17.0 Å². The molecule has 0 radical (unpaired) electrons. The SMILES string of the molecule is CCOc1ccc(-c2cc(C(C)C)nc(N(C)C)c2C(=O)O)cc1. The highest BCUT2D eigenvalue weighted by molar-refractivity contribution is 6.01. The van der Waals surface area contributed by atoms with Crippen LogP contribution in [0, 0.1) is 0 Å². The Balaban J connectivity index is 2.67. The first-order valence-electron chi connectivity index (χ1n) is 8.03. The van der Waals surface area contributed by atoms with Crippen LogP contribution in [0.25, 0.3) is 11.1 Å². The summed E-state index contributed by atoms with van der Waals surface area (Å²) < 4.78 is 5.46. The van der Waals surface area contributed by atoms with Crippen molar-refractivity contribution in [1.29, 1.82) is 0 Å². The number of hydrogen-bond donors (Lipinski definition) is 1. The van der Waals surface area contributed by atoms with Gasteiger partial charge in [0, 0.05) is 25.4 Å². The molecule has 24 heavy (non-hydrogen) atoms. The van der Waals surface area contributed by atoms with Gasteiger partial charge in [0.1, 0.15) is 17.1 Å². The van der Waals surface area contributed by atoms with Crippen molar-refractivity contribution in [3.63, 3.8) is 0 Å². The molecule has 0 aliphatic heterocycles. The molecule has 0 unspecified atom stereocenters. The standard InChI is InChI=1S/C19H24N2O3/c1-6-24-14-9-7-13(8-10-14)15-11-16(12(2)3)20-18(21(4)5)17(15)19(22)23/h7-12H,6H2,1-5H3,(H,22,23). The topological polar surface area (TPSA) is 62.7 Å². The zero-order chi connectivity index (χ0) is 17.9. The second-order valence-corrected chi connectivity index (χ2v) is 6.10. The number of aromatic nitrogens is 1. The summed E-state index contributed by atoms with van der Waals surface area (Å²) in [6.45, 7) is 6.61. The molecular weight excluding hydrogens is 304 g/mol. The van der Waals surface area contributed by atoms with E-state index in [1.807, 2.05) is 51.1 Å². The van der Waals surface area contributed by atoms with Gasteiger partial charge in [-0.25, -0.2) is 9.78 Å². The van der Waals surface area contributed by atoms with Crippen LogP contribution in [0.4, 0.5) is 5.82 Å². The monoisotopic (exact) mass is 328 g/mol. The molecule has 0 saturated carbocycles. The van der Waals surface area contributed by atoms with E-state index in [1.165, 1.54) is 0 Å². The molecule has 0 saturated heterocycles. The van der Waals surface area contributed by atoms with Gasteiger partial charge in [-0.1, -0.05) is 26.0 Å². The number of carbonyl (C=O) groups is 1. The zero-order valence-corrected chi connectivity index (χ0v) is 14.8. The third kappa shape index (κ3) is 3.67. The molecule has 0 aliphatic carbocycles. The van der Waals surface area contributed by atoms with Crippen molar-refractivity contribution in [2.24, 2.45) is 0 Å². The molecule has 1 N–H and O–H groups in total. The van der Waals surface area contributed by atoms with Crippen LogP contribution < -0.4 is 9.64 Å². The Morgan fingerprint density at radius 2 is 1.88 bits per heavy atom. The molecule has 128 valence electrons. The largest absolute Gasteiger partial charge is 0.494 e. The third-order valence-electron chi connectivity index (χ3n) is 3.73. The van der Waals surface area contributed by atoms with Crippen LogP contribution in [0.3, 0.4) is 0 Å². The van der Waals surface area contributed by atoms with Gasteiger partial charge in [0.25, 0.3) is 0 Å². The van der Waals surface area contributed by atoms with Crippen LogP contribution in [0.2, 0.25) is 0 Å². The Kier molecular flexibility index (Phi) is 5.44. The smallest absolute Gasteiger partial charge is 0.340 e. The van der Waals surface area contributed by atoms with Crippen molar-refractivity contribution in [2.45, 2.75) is 26.7 Å². The summed E-state index contributed by atoms with van der Waals surface area (Å²) in [5, 5.41) is 9.73. The quantitative estimate of drug-likeness (QED) is 0.867. The summed E-state index contributed by atoms with van der Waals surface area (Å²) in [7, 11) is 3.61. The summed E-state index contributed by atoms with van der Waals surface area (Å²) in [4.78, 5) is 18.2. The molecule has 0 bridgehead atoms. The number of ether oxygens (including phenoxy) is 1. The number of nitrogens with zero attached hydrogens (tertiary/aromatic N) is 2. The lowest BCUT2D eigenvalue weighted by molar-refractivity contribution is 0.0698. The molecule has 1 heterocycles. The molecule has 5 nitrogen and oxygen atoms in total. The minimum Gasteiger partial charge on any atom is -0.494 e. The van der Waals surface area contributed by atoms with E-state index in [-0.39, 0.29) is 11.5 Å². The van der Waals surface area contributed by atoms with E-state index < -0.39 is 5.97 Å². The lowest BCUT2D eigenvalue weighted by Crippen LogP contribution is -2.18. The molecule has 0 fully saturated rings. The van der Waals surface area contributed by atoms with Gasteiger partial charge in [0.05, 0.1) is 6.61 Å². The van der Waals surface area contributed by atoms with Crippen molar-refractivity contribution < 1.29 is 14.6 Å². The predicted molar refractivity (Wildman–Crippen MR) is 96.2 cm³/mol. The van der Waals surface area contributed by atoms with Crippen molar-refractivity contribution >= 4 is 11.8 Å². The van der Waals surface area contributed by atoms with Gasteiger partial charge >= 0.3 is 5.97 Å². The van der Waals surface area contributed by atoms with Gasteiger partial charge < -0.3 is 14.7 Å². The molecule has 5 heteroatoms. The Bertz CT molecular complexity index is 722. The van der Waals surface area contributed by atoms with Crippen LogP contribution in [0.15, 0.2) is 30.3 Å². The van der Waals surface area contributed by atoms with Gasteiger partial charge in [0.2, 0.25) is 0 Å². The fourth-order valence-corrected chi connectivity index (χ4v) is 2.51. The molecular formula is C19H24N2O3. The Hall–Kier alpha value is -2.56. The first kappa shape index (κ1) is 17.8. The number of carboxylic acid groups (broad SMARTS) is 1. The Morgan fingerprint density at radius 3 is 2.33 bits per heavy atom. The number of anilines is 1. The maximum Gasteiger partial charge on any atom is 0.340 e. The molecule has 0 aliphatic rings. The second-order valence-electron chi connectivity index (χ2n) is 6.10. The summed E-state index contributed by atoms with van der Waals surface area (Å²) in [6.07, 6.45) is 0. The van der Waals surface area contributed by atoms with Crippen LogP contribution in [-0.2, 0) is 0 Å². The Labute approximate surface area is 142 Å². The van der Waals surface area contributed by atoms with Gasteiger partial charge in [-0.2, -0.15) is 0 Å². The van der Waals surface area contributed by atoms with E-state index >= 15 is 0 Å². The minimum atomic E-state index is -0.981. The Morgan fingerprint density at radius 1 is 1.25 bits per heavy atom. The highest BCUT2D eigenvalue weighted by Gasteiger charge is 2.22. The van der Waals surface area contributed by atoms with E-state index in [0.29, 0.717) is 18.0 Å². The molecule has 0 amide bonds. The highest BCUT2D eigenvalue weighted by atomic mass is 16.5. The number of rotatable bonds is 6. The number of pyridine rings is 1. The first-order chi connectivity index (χ1) is 11.3. The lowest BCUT2D eigenvalue weighted by atomic mass is 9.96. The molecule has 0 atom stereocenters. The molecule has 0 spiro atoms. The highest BCUT2D eigenvalue weighted by Crippen LogP contribution is 2.33. The summed E-state index contributed by atoms with van der Waals surface area (Å²) >= 11 is 0. The molecule has 1 aromatic heterocycles. The average molecular weight is 328 g/mol. The predicted octanol–water partition coefficient (Wildman–Crippen LogP) is 4.03. The number of hydrogen-bond acceptors (Lipinski definition) is 4. The van der Waals surface area contributed by atoms with Crippen LogP contribution >= 0.6 is 0 Å². The maximum atomic E-state index is 11.9.